The summed E-state index contributed by atoms with van der Waals surface area (Å²) in [5, 5.41) is 7.33. The van der Waals surface area contributed by atoms with E-state index < -0.39 is 0 Å². The minimum absolute atomic E-state index is 0.197. The molecule has 0 N–H and O–H groups in total. The highest BCUT2D eigenvalue weighted by Crippen LogP contribution is 2.52. The molecule has 0 saturated heterocycles. The number of benzene rings is 2. The minimum Gasteiger partial charge on any atom is -0.493 e. The Labute approximate surface area is 173 Å². The molecule has 1 aliphatic carbocycles. The lowest BCUT2D eigenvalue weighted by atomic mass is 9.94. The third-order valence-corrected chi connectivity index (χ3v) is 6.55. The molecule has 0 bridgehead atoms. The first-order valence-electron chi connectivity index (χ1n) is 9.71. The van der Waals surface area contributed by atoms with E-state index in [2.05, 4.69) is 45.2 Å². The molecule has 146 valence electrons. The van der Waals surface area contributed by atoms with Crippen molar-refractivity contribution in [1.82, 2.24) is 5.01 Å². The van der Waals surface area contributed by atoms with E-state index in [1.54, 1.807) is 14.2 Å². The van der Waals surface area contributed by atoms with Gasteiger partial charge in [0.2, 0.25) is 0 Å². The number of ether oxygens (including phenoxy) is 3. The highest BCUT2D eigenvalue weighted by atomic mass is 79.9. The molecule has 1 fully saturated rings. The first-order valence-corrected chi connectivity index (χ1v) is 10.5. The second kappa shape index (κ2) is 6.69. The van der Waals surface area contributed by atoms with Crippen LogP contribution in [0.5, 0.6) is 17.2 Å². The van der Waals surface area contributed by atoms with Gasteiger partial charge in [0.1, 0.15) is 5.75 Å². The smallest absolute Gasteiger partial charge is 0.198 e. The van der Waals surface area contributed by atoms with Gasteiger partial charge in [-0.25, -0.2) is 5.01 Å². The molecule has 0 aromatic heterocycles. The summed E-state index contributed by atoms with van der Waals surface area (Å²) in [6, 6.07) is 12.5. The second-order valence-electron chi connectivity index (χ2n) is 7.62. The molecule has 3 aliphatic rings. The Morgan fingerprint density at radius 3 is 2.61 bits per heavy atom. The molecular weight excluding hydrogens is 420 g/mol. The summed E-state index contributed by atoms with van der Waals surface area (Å²) in [5.41, 5.74) is 3.01. The van der Waals surface area contributed by atoms with Crippen LogP contribution in [0.25, 0.3) is 0 Å². The lowest BCUT2D eigenvalue weighted by Crippen LogP contribution is -2.51. The number of hydrogen-bond acceptors (Lipinski definition) is 5. The minimum atomic E-state index is -0.316. The van der Waals surface area contributed by atoms with Crippen molar-refractivity contribution in [2.24, 2.45) is 5.10 Å². The van der Waals surface area contributed by atoms with Crippen LogP contribution in [0.2, 0.25) is 0 Å². The van der Waals surface area contributed by atoms with Crippen molar-refractivity contribution in [1.29, 1.82) is 0 Å². The Bertz CT molecular complexity index is 953. The van der Waals surface area contributed by atoms with Crippen molar-refractivity contribution in [2.75, 3.05) is 14.2 Å². The summed E-state index contributed by atoms with van der Waals surface area (Å²) in [6.45, 7) is 0. The number of rotatable bonds is 3. The van der Waals surface area contributed by atoms with Crippen LogP contribution in [-0.2, 0) is 0 Å². The molecule has 2 aromatic rings. The molecule has 2 heterocycles. The van der Waals surface area contributed by atoms with Gasteiger partial charge in [-0.15, -0.1) is 0 Å². The molecular formula is C22H23BrN2O3. The van der Waals surface area contributed by atoms with Crippen LogP contribution in [0.15, 0.2) is 46.0 Å². The highest BCUT2D eigenvalue weighted by Gasteiger charge is 2.51. The molecule has 5 rings (SSSR count). The van der Waals surface area contributed by atoms with Gasteiger partial charge in [0, 0.05) is 34.9 Å². The van der Waals surface area contributed by atoms with Crippen LogP contribution >= 0.6 is 15.9 Å². The van der Waals surface area contributed by atoms with E-state index >= 15 is 0 Å². The Kier molecular flexibility index (Phi) is 4.27. The lowest BCUT2D eigenvalue weighted by Gasteiger charge is -2.45. The van der Waals surface area contributed by atoms with Crippen LogP contribution < -0.4 is 14.2 Å². The van der Waals surface area contributed by atoms with Gasteiger partial charge in [0.25, 0.3) is 0 Å². The Hall–Kier alpha value is -2.21. The standard InChI is InChI=1S/C22H23BrN2O3/c1-26-20-7-5-14(11-21(20)27-2)17-13-18-16-12-15(23)6-8-19(16)28-22(25(18)24-17)9-3-4-10-22/h5-8,11-12,18H,3-4,9-10,13H2,1-2H3/t18-/m0/s1. The molecule has 0 amide bonds. The third kappa shape index (κ3) is 2.69. The number of fused-ring (bicyclic) bond motifs is 4. The lowest BCUT2D eigenvalue weighted by molar-refractivity contribution is -0.114. The van der Waals surface area contributed by atoms with Crippen molar-refractivity contribution in [2.45, 2.75) is 43.9 Å². The number of methoxy groups -OCH3 is 2. The van der Waals surface area contributed by atoms with Gasteiger partial charge in [0.15, 0.2) is 17.2 Å². The molecule has 1 spiro atoms. The molecule has 0 radical (unpaired) electrons. The first-order chi connectivity index (χ1) is 13.6. The van der Waals surface area contributed by atoms with Crippen LogP contribution in [0, 0.1) is 0 Å². The molecule has 5 nitrogen and oxygen atoms in total. The van der Waals surface area contributed by atoms with E-state index in [1.165, 1.54) is 18.4 Å². The topological polar surface area (TPSA) is 43.3 Å². The summed E-state index contributed by atoms with van der Waals surface area (Å²) < 4.78 is 18.5. The van der Waals surface area contributed by atoms with Crippen molar-refractivity contribution in [3.05, 3.63) is 52.0 Å². The summed E-state index contributed by atoms with van der Waals surface area (Å²) in [6.07, 6.45) is 5.24. The van der Waals surface area contributed by atoms with Gasteiger partial charge in [-0.2, -0.15) is 5.10 Å². The predicted molar refractivity (Wildman–Crippen MR) is 111 cm³/mol. The fourth-order valence-electron chi connectivity index (χ4n) is 4.70. The third-order valence-electron chi connectivity index (χ3n) is 6.06. The molecule has 0 unspecified atom stereocenters. The van der Waals surface area contributed by atoms with Crippen molar-refractivity contribution < 1.29 is 14.2 Å². The van der Waals surface area contributed by atoms with E-state index in [9.17, 15) is 0 Å². The summed E-state index contributed by atoms with van der Waals surface area (Å²) in [4.78, 5) is 0. The second-order valence-corrected chi connectivity index (χ2v) is 8.53. The number of hydrazone groups is 1. The zero-order valence-electron chi connectivity index (χ0n) is 16.1. The van der Waals surface area contributed by atoms with E-state index in [0.29, 0.717) is 0 Å². The maximum Gasteiger partial charge on any atom is 0.198 e. The Morgan fingerprint density at radius 2 is 1.86 bits per heavy atom. The average Bonchev–Trinajstić information content (AvgIpc) is 3.37. The quantitative estimate of drug-likeness (QED) is 0.648. The van der Waals surface area contributed by atoms with E-state index in [1.807, 2.05) is 12.1 Å². The largest absolute Gasteiger partial charge is 0.493 e. The fourth-order valence-corrected chi connectivity index (χ4v) is 5.08. The van der Waals surface area contributed by atoms with E-state index in [-0.39, 0.29) is 11.8 Å². The van der Waals surface area contributed by atoms with Crippen molar-refractivity contribution >= 4 is 21.6 Å². The zero-order chi connectivity index (χ0) is 19.3. The van der Waals surface area contributed by atoms with E-state index in [4.69, 9.17) is 19.3 Å². The molecule has 2 aromatic carbocycles. The maximum atomic E-state index is 6.57. The van der Waals surface area contributed by atoms with Gasteiger partial charge in [-0.05, 0) is 49.2 Å². The van der Waals surface area contributed by atoms with Crippen molar-refractivity contribution in [3.63, 3.8) is 0 Å². The Balaban J connectivity index is 1.58. The average molecular weight is 443 g/mol. The summed E-state index contributed by atoms with van der Waals surface area (Å²) in [5.74, 6) is 2.45. The summed E-state index contributed by atoms with van der Waals surface area (Å²) >= 11 is 3.62. The predicted octanol–water partition coefficient (Wildman–Crippen LogP) is 5.28. The Morgan fingerprint density at radius 1 is 1.07 bits per heavy atom. The summed E-state index contributed by atoms with van der Waals surface area (Å²) in [7, 11) is 3.32. The van der Waals surface area contributed by atoms with Crippen molar-refractivity contribution in [3.8, 4) is 17.2 Å². The molecule has 1 saturated carbocycles. The molecule has 6 heteroatoms. The maximum absolute atomic E-state index is 6.57. The number of halogens is 1. The van der Waals surface area contributed by atoms with Gasteiger partial charge in [-0.1, -0.05) is 15.9 Å². The fraction of sp³-hybridized carbons (Fsp3) is 0.409. The van der Waals surface area contributed by atoms with Gasteiger partial charge in [-0.3, -0.25) is 0 Å². The zero-order valence-corrected chi connectivity index (χ0v) is 17.7. The van der Waals surface area contributed by atoms with Gasteiger partial charge < -0.3 is 14.2 Å². The highest BCUT2D eigenvalue weighted by molar-refractivity contribution is 9.10. The van der Waals surface area contributed by atoms with Gasteiger partial charge in [0.05, 0.1) is 26.0 Å². The van der Waals surface area contributed by atoms with Crippen LogP contribution in [0.3, 0.4) is 0 Å². The molecule has 28 heavy (non-hydrogen) atoms. The van der Waals surface area contributed by atoms with Gasteiger partial charge >= 0.3 is 0 Å². The normalized spacial score (nSPS) is 21.8. The van der Waals surface area contributed by atoms with Crippen LogP contribution in [-0.4, -0.2) is 30.7 Å². The number of hydrogen-bond donors (Lipinski definition) is 0. The van der Waals surface area contributed by atoms with E-state index in [0.717, 1.165) is 52.3 Å². The molecule has 2 aliphatic heterocycles. The molecule has 1 atom stereocenters. The van der Waals surface area contributed by atoms with Crippen LogP contribution in [0.1, 0.15) is 49.3 Å². The monoisotopic (exact) mass is 442 g/mol. The first kappa shape index (κ1) is 17.9. The van der Waals surface area contributed by atoms with Crippen LogP contribution in [0.4, 0.5) is 0 Å². The SMILES string of the molecule is COc1ccc(C2=NN3[C@@H](C2)c2cc(Br)ccc2OC32CCCC2)cc1OC. The number of nitrogens with zero attached hydrogens (tertiary/aromatic N) is 2.